The maximum Gasteiger partial charge on any atom is 0.221 e. The molecule has 5 heteroatoms. The molecular formula is C10H15ClN2O2. The maximum atomic E-state index is 10.7. The first-order chi connectivity index (χ1) is 7.00. The number of nitrogens with two attached hydrogens (primary N) is 1. The van der Waals surface area contributed by atoms with Crippen LogP contribution in [0.5, 0.6) is 5.75 Å². The Bertz CT molecular complexity index is 330. The highest BCUT2D eigenvalue weighted by Gasteiger charge is 2.05. The Morgan fingerprint density at radius 3 is 2.40 bits per heavy atom. The summed E-state index contributed by atoms with van der Waals surface area (Å²) in [5.74, 6) is -0.392. The Balaban J connectivity index is 0.000000921. The molecule has 0 aromatic heterocycles. The number of anilines is 2. The summed E-state index contributed by atoms with van der Waals surface area (Å²) in [6, 6.07) is 2.86. The number of carbonyl (C=O) groups is 1. The Morgan fingerprint density at radius 2 is 2.00 bits per heavy atom. The normalized spacial score (nSPS) is 8.80. The molecule has 1 aromatic carbocycles. The lowest BCUT2D eigenvalue weighted by Crippen LogP contribution is -2.06. The summed E-state index contributed by atoms with van der Waals surface area (Å²) in [6.07, 6.45) is 0. The number of benzene rings is 1. The predicted octanol–water partition coefficient (Wildman–Crippen LogP) is 2.61. The van der Waals surface area contributed by atoms with Gasteiger partial charge in [0.25, 0.3) is 0 Å². The van der Waals surface area contributed by atoms with Crippen molar-refractivity contribution in [3.05, 3.63) is 17.2 Å². The molecule has 15 heavy (non-hydrogen) atoms. The van der Waals surface area contributed by atoms with Gasteiger partial charge in [0.05, 0.1) is 10.7 Å². The first kappa shape index (κ1) is 13.6. The molecule has 1 aromatic rings. The first-order valence-electron chi connectivity index (χ1n) is 4.56. The number of phenolic OH excluding ortho intramolecular Hbond substituents is 1. The van der Waals surface area contributed by atoms with E-state index in [0.717, 1.165) is 0 Å². The van der Waals surface area contributed by atoms with E-state index in [0.29, 0.717) is 5.69 Å². The molecule has 0 aliphatic heterocycles. The van der Waals surface area contributed by atoms with Gasteiger partial charge in [-0.05, 0) is 12.1 Å². The summed E-state index contributed by atoms with van der Waals surface area (Å²) in [5, 5.41) is 11.8. The van der Waals surface area contributed by atoms with Crippen molar-refractivity contribution in [3.8, 4) is 5.75 Å². The van der Waals surface area contributed by atoms with Crippen molar-refractivity contribution < 1.29 is 9.90 Å². The largest absolute Gasteiger partial charge is 0.504 e. The second-order valence-electron chi connectivity index (χ2n) is 2.58. The number of halogens is 1. The average molecular weight is 231 g/mol. The number of hydrogen-bond donors (Lipinski definition) is 3. The van der Waals surface area contributed by atoms with Crippen molar-refractivity contribution in [1.29, 1.82) is 0 Å². The van der Waals surface area contributed by atoms with E-state index in [1.54, 1.807) is 0 Å². The van der Waals surface area contributed by atoms with E-state index in [2.05, 4.69) is 5.32 Å². The number of nitrogens with one attached hydrogen (secondary N) is 1. The molecule has 0 atom stereocenters. The third kappa shape index (κ3) is 4.08. The summed E-state index contributed by atoms with van der Waals surface area (Å²) in [7, 11) is 0. The predicted molar refractivity (Wildman–Crippen MR) is 63.2 cm³/mol. The highest BCUT2D eigenvalue weighted by atomic mass is 35.5. The third-order valence-electron chi connectivity index (χ3n) is 1.41. The SMILES string of the molecule is CC.CC(=O)Nc1cc(N)c(O)c(Cl)c1. The van der Waals surface area contributed by atoms with Gasteiger partial charge in [0, 0.05) is 12.6 Å². The van der Waals surface area contributed by atoms with Gasteiger partial charge in [0.2, 0.25) is 5.91 Å². The van der Waals surface area contributed by atoms with Gasteiger partial charge in [0.1, 0.15) is 0 Å². The Hall–Kier alpha value is -1.42. The van der Waals surface area contributed by atoms with Crippen LogP contribution in [0.2, 0.25) is 5.02 Å². The monoisotopic (exact) mass is 230 g/mol. The number of rotatable bonds is 1. The second kappa shape index (κ2) is 6.14. The lowest BCUT2D eigenvalue weighted by atomic mass is 10.2. The van der Waals surface area contributed by atoms with Crippen LogP contribution in [-0.2, 0) is 4.79 Å². The molecule has 0 aliphatic carbocycles. The summed E-state index contributed by atoms with van der Waals surface area (Å²) in [6.45, 7) is 5.37. The zero-order valence-corrected chi connectivity index (χ0v) is 9.72. The van der Waals surface area contributed by atoms with Crippen LogP contribution < -0.4 is 11.1 Å². The van der Waals surface area contributed by atoms with Crippen LogP contribution in [0.1, 0.15) is 20.8 Å². The highest BCUT2D eigenvalue weighted by molar-refractivity contribution is 6.32. The van der Waals surface area contributed by atoms with E-state index in [1.165, 1.54) is 19.1 Å². The fraction of sp³-hybridized carbons (Fsp3) is 0.300. The van der Waals surface area contributed by atoms with Crippen LogP contribution in [-0.4, -0.2) is 11.0 Å². The number of hydrogen-bond acceptors (Lipinski definition) is 3. The number of amides is 1. The quantitative estimate of drug-likeness (QED) is 0.394. The molecular weight excluding hydrogens is 216 g/mol. The van der Waals surface area contributed by atoms with Crippen molar-refractivity contribution in [1.82, 2.24) is 0 Å². The van der Waals surface area contributed by atoms with Crippen LogP contribution in [0.25, 0.3) is 0 Å². The summed E-state index contributed by atoms with van der Waals surface area (Å²) >= 11 is 5.62. The fourth-order valence-electron chi connectivity index (χ4n) is 0.896. The third-order valence-corrected chi connectivity index (χ3v) is 1.70. The zero-order chi connectivity index (χ0) is 12.0. The van der Waals surface area contributed by atoms with E-state index in [9.17, 15) is 9.90 Å². The van der Waals surface area contributed by atoms with Crippen molar-refractivity contribution in [2.75, 3.05) is 11.1 Å². The molecule has 4 N–H and O–H groups in total. The number of aromatic hydroxyl groups is 1. The molecule has 0 heterocycles. The molecule has 4 nitrogen and oxygen atoms in total. The van der Waals surface area contributed by atoms with Gasteiger partial charge in [-0.2, -0.15) is 0 Å². The van der Waals surface area contributed by atoms with E-state index in [4.69, 9.17) is 17.3 Å². The van der Waals surface area contributed by atoms with E-state index in [-0.39, 0.29) is 22.4 Å². The number of carbonyl (C=O) groups excluding carboxylic acids is 1. The molecule has 0 unspecified atom stereocenters. The maximum absolute atomic E-state index is 10.7. The van der Waals surface area contributed by atoms with E-state index in [1.807, 2.05) is 13.8 Å². The molecule has 0 aliphatic rings. The van der Waals surface area contributed by atoms with Crippen LogP contribution in [0, 0.1) is 0 Å². The smallest absolute Gasteiger partial charge is 0.221 e. The van der Waals surface area contributed by atoms with Crippen LogP contribution in [0.4, 0.5) is 11.4 Å². The van der Waals surface area contributed by atoms with Gasteiger partial charge in [0.15, 0.2) is 5.75 Å². The molecule has 84 valence electrons. The topological polar surface area (TPSA) is 75.4 Å². The standard InChI is InChI=1S/C8H9ClN2O2.C2H6/c1-4(12)11-5-2-6(9)8(13)7(10)3-5;1-2/h2-3,13H,10H2,1H3,(H,11,12);1-2H3. The Labute approximate surface area is 94.0 Å². The summed E-state index contributed by atoms with van der Waals surface area (Å²) in [4.78, 5) is 10.7. The second-order valence-corrected chi connectivity index (χ2v) is 2.98. The van der Waals surface area contributed by atoms with Crippen LogP contribution >= 0.6 is 11.6 Å². The van der Waals surface area contributed by atoms with Crippen molar-refractivity contribution in [2.24, 2.45) is 0 Å². The van der Waals surface area contributed by atoms with Crippen LogP contribution in [0.3, 0.4) is 0 Å². The molecule has 1 rings (SSSR count). The van der Waals surface area contributed by atoms with Crippen molar-refractivity contribution in [3.63, 3.8) is 0 Å². The molecule has 0 saturated heterocycles. The van der Waals surface area contributed by atoms with Crippen LogP contribution in [0.15, 0.2) is 12.1 Å². The van der Waals surface area contributed by atoms with Crippen molar-refractivity contribution in [2.45, 2.75) is 20.8 Å². The lowest BCUT2D eigenvalue weighted by Gasteiger charge is -2.06. The minimum Gasteiger partial charge on any atom is -0.504 e. The van der Waals surface area contributed by atoms with Gasteiger partial charge in [-0.3, -0.25) is 4.79 Å². The highest BCUT2D eigenvalue weighted by Crippen LogP contribution is 2.32. The van der Waals surface area contributed by atoms with E-state index >= 15 is 0 Å². The van der Waals surface area contributed by atoms with Gasteiger partial charge < -0.3 is 16.2 Å². The number of nitrogen functional groups attached to an aromatic ring is 1. The molecule has 1 amide bonds. The molecule has 0 radical (unpaired) electrons. The summed E-state index contributed by atoms with van der Waals surface area (Å²) in [5.41, 5.74) is 6.01. The fourth-order valence-corrected chi connectivity index (χ4v) is 1.12. The minimum atomic E-state index is -0.221. The molecule has 0 saturated carbocycles. The Morgan fingerprint density at radius 1 is 1.47 bits per heavy atom. The van der Waals surface area contributed by atoms with Gasteiger partial charge in [-0.15, -0.1) is 0 Å². The lowest BCUT2D eigenvalue weighted by molar-refractivity contribution is -0.114. The van der Waals surface area contributed by atoms with Gasteiger partial charge >= 0.3 is 0 Å². The van der Waals surface area contributed by atoms with Gasteiger partial charge in [-0.25, -0.2) is 0 Å². The molecule has 0 bridgehead atoms. The van der Waals surface area contributed by atoms with E-state index < -0.39 is 0 Å². The first-order valence-corrected chi connectivity index (χ1v) is 4.94. The average Bonchev–Trinajstić information content (AvgIpc) is 2.16. The van der Waals surface area contributed by atoms with Gasteiger partial charge in [-0.1, -0.05) is 25.4 Å². The Kier molecular flexibility index (Phi) is 5.56. The zero-order valence-electron chi connectivity index (χ0n) is 8.97. The molecule has 0 fully saturated rings. The molecule has 0 spiro atoms. The van der Waals surface area contributed by atoms with Crippen molar-refractivity contribution >= 4 is 28.9 Å². The number of phenols is 1. The minimum absolute atomic E-state index is 0.115. The summed E-state index contributed by atoms with van der Waals surface area (Å²) < 4.78 is 0.